The fraction of sp³-hybridized carbons (Fsp3) is 0.318. The number of hydrogen-bond acceptors (Lipinski definition) is 5. The lowest BCUT2D eigenvalue weighted by Crippen LogP contribution is -2.38. The van der Waals surface area contributed by atoms with Crippen molar-refractivity contribution in [2.45, 2.75) is 19.3 Å². The molecule has 0 spiro atoms. The molecule has 2 heterocycles. The zero-order valence-corrected chi connectivity index (χ0v) is 17.6. The van der Waals surface area contributed by atoms with E-state index in [0.717, 1.165) is 43.3 Å². The van der Waals surface area contributed by atoms with Gasteiger partial charge in [-0.15, -0.1) is 0 Å². The molecule has 4 rings (SSSR count). The number of piperidine rings is 1. The number of benzene rings is 2. The van der Waals surface area contributed by atoms with E-state index in [2.05, 4.69) is 26.7 Å². The first-order valence-corrected chi connectivity index (χ1v) is 11.0. The number of anilines is 1. The van der Waals surface area contributed by atoms with E-state index in [0.29, 0.717) is 23.0 Å². The molecule has 1 saturated heterocycles. The van der Waals surface area contributed by atoms with Crippen LogP contribution in [0.4, 0.5) is 5.13 Å². The predicted molar refractivity (Wildman–Crippen MR) is 118 cm³/mol. The Hall–Kier alpha value is -2.44. The molecular formula is C22H23ClN4OS. The minimum absolute atomic E-state index is 0.0428. The average molecular weight is 427 g/mol. The van der Waals surface area contributed by atoms with Crippen LogP contribution in [0.2, 0.25) is 5.02 Å². The second kappa shape index (κ2) is 9.37. The molecule has 1 aromatic heterocycles. The van der Waals surface area contributed by atoms with Crippen LogP contribution in [-0.4, -0.2) is 34.9 Å². The highest BCUT2D eigenvalue weighted by Crippen LogP contribution is 2.25. The van der Waals surface area contributed by atoms with Gasteiger partial charge in [0, 0.05) is 48.2 Å². The quantitative estimate of drug-likeness (QED) is 0.633. The van der Waals surface area contributed by atoms with Gasteiger partial charge in [0.25, 0.3) is 5.91 Å². The summed E-state index contributed by atoms with van der Waals surface area (Å²) in [7, 11) is 0. The van der Waals surface area contributed by atoms with E-state index in [1.54, 1.807) is 24.3 Å². The molecule has 0 aliphatic carbocycles. The van der Waals surface area contributed by atoms with Crippen molar-refractivity contribution >= 4 is 34.2 Å². The molecule has 1 amide bonds. The maximum absolute atomic E-state index is 12.3. The van der Waals surface area contributed by atoms with Crippen LogP contribution >= 0.6 is 23.1 Å². The topological polar surface area (TPSA) is 58.1 Å². The molecule has 0 saturated carbocycles. The molecular weight excluding hydrogens is 404 g/mol. The van der Waals surface area contributed by atoms with Gasteiger partial charge in [0.1, 0.15) is 5.82 Å². The number of nitrogens with one attached hydrogen (secondary N) is 1. The highest BCUT2D eigenvalue weighted by Gasteiger charge is 2.22. The lowest BCUT2D eigenvalue weighted by atomic mass is 9.97. The Labute approximate surface area is 179 Å². The van der Waals surface area contributed by atoms with Gasteiger partial charge in [0.2, 0.25) is 5.13 Å². The molecule has 29 heavy (non-hydrogen) atoms. The SMILES string of the molecule is O=C(NCC1CCN(c2nc(Cc3ccccc3)ns2)CC1)c1ccc(Cl)cc1. The number of nitrogens with zero attached hydrogens (tertiary/aromatic N) is 3. The van der Waals surface area contributed by atoms with Gasteiger partial charge >= 0.3 is 0 Å². The summed E-state index contributed by atoms with van der Waals surface area (Å²) < 4.78 is 4.53. The van der Waals surface area contributed by atoms with Gasteiger partial charge < -0.3 is 10.2 Å². The first-order valence-electron chi connectivity index (χ1n) is 9.82. The van der Waals surface area contributed by atoms with E-state index < -0.39 is 0 Å². The molecule has 150 valence electrons. The largest absolute Gasteiger partial charge is 0.352 e. The third kappa shape index (κ3) is 5.34. The van der Waals surface area contributed by atoms with Gasteiger partial charge in [-0.05, 0) is 48.6 Å². The highest BCUT2D eigenvalue weighted by atomic mass is 35.5. The summed E-state index contributed by atoms with van der Waals surface area (Å²) in [5.41, 5.74) is 1.87. The number of aromatic nitrogens is 2. The first-order chi connectivity index (χ1) is 14.2. The number of hydrogen-bond donors (Lipinski definition) is 1. The molecule has 7 heteroatoms. The van der Waals surface area contributed by atoms with Gasteiger partial charge in [-0.2, -0.15) is 4.37 Å². The highest BCUT2D eigenvalue weighted by molar-refractivity contribution is 7.09. The van der Waals surface area contributed by atoms with Crippen LogP contribution in [-0.2, 0) is 6.42 Å². The van der Waals surface area contributed by atoms with Crippen LogP contribution in [0.1, 0.15) is 34.6 Å². The van der Waals surface area contributed by atoms with Gasteiger partial charge in [-0.1, -0.05) is 41.9 Å². The Morgan fingerprint density at radius 2 is 1.83 bits per heavy atom. The Kier molecular flexibility index (Phi) is 6.42. The van der Waals surface area contributed by atoms with Crippen LogP contribution in [0.25, 0.3) is 0 Å². The smallest absolute Gasteiger partial charge is 0.251 e. The Balaban J connectivity index is 1.24. The molecule has 2 aromatic carbocycles. The molecule has 0 atom stereocenters. The van der Waals surface area contributed by atoms with E-state index in [1.807, 2.05) is 18.2 Å². The molecule has 0 unspecified atom stereocenters. The molecule has 3 aromatic rings. The van der Waals surface area contributed by atoms with Gasteiger partial charge in [0.15, 0.2) is 0 Å². The Bertz CT molecular complexity index is 937. The number of halogens is 1. The fourth-order valence-electron chi connectivity index (χ4n) is 3.49. The molecule has 5 nitrogen and oxygen atoms in total. The zero-order valence-electron chi connectivity index (χ0n) is 16.1. The summed E-state index contributed by atoms with van der Waals surface area (Å²) in [6.07, 6.45) is 2.84. The number of carbonyl (C=O) groups excluding carboxylic acids is 1. The minimum atomic E-state index is -0.0428. The van der Waals surface area contributed by atoms with E-state index >= 15 is 0 Å². The van der Waals surface area contributed by atoms with Gasteiger partial charge in [-0.25, -0.2) is 4.98 Å². The third-order valence-electron chi connectivity index (χ3n) is 5.21. The van der Waals surface area contributed by atoms with Crippen LogP contribution in [0.5, 0.6) is 0 Å². The number of amides is 1. The van der Waals surface area contributed by atoms with E-state index in [1.165, 1.54) is 17.1 Å². The Morgan fingerprint density at radius 1 is 1.10 bits per heavy atom. The average Bonchev–Trinajstić information content (AvgIpc) is 3.22. The third-order valence-corrected chi connectivity index (χ3v) is 6.27. The van der Waals surface area contributed by atoms with Gasteiger partial charge in [-0.3, -0.25) is 4.79 Å². The van der Waals surface area contributed by atoms with Crippen molar-refractivity contribution in [2.24, 2.45) is 5.92 Å². The molecule has 0 bridgehead atoms. The summed E-state index contributed by atoms with van der Waals surface area (Å²) in [6, 6.07) is 17.3. The van der Waals surface area contributed by atoms with Crippen molar-refractivity contribution in [3.8, 4) is 0 Å². The number of carbonyl (C=O) groups is 1. The summed E-state index contributed by atoms with van der Waals surface area (Å²) in [4.78, 5) is 19.3. The maximum atomic E-state index is 12.3. The summed E-state index contributed by atoms with van der Waals surface area (Å²) in [5.74, 6) is 1.33. The normalized spacial score (nSPS) is 14.7. The monoisotopic (exact) mass is 426 g/mol. The Morgan fingerprint density at radius 3 is 2.55 bits per heavy atom. The van der Waals surface area contributed by atoms with Crippen LogP contribution in [0, 0.1) is 5.92 Å². The fourth-order valence-corrected chi connectivity index (χ4v) is 4.35. The summed E-state index contributed by atoms with van der Waals surface area (Å²) in [5, 5.41) is 4.68. The van der Waals surface area contributed by atoms with E-state index in [9.17, 15) is 4.79 Å². The second-order valence-electron chi connectivity index (χ2n) is 7.30. The van der Waals surface area contributed by atoms with Crippen molar-refractivity contribution in [3.05, 3.63) is 76.6 Å². The molecule has 0 radical (unpaired) electrons. The van der Waals surface area contributed by atoms with E-state index in [4.69, 9.17) is 16.6 Å². The van der Waals surface area contributed by atoms with Crippen molar-refractivity contribution in [2.75, 3.05) is 24.5 Å². The lowest BCUT2D eigenvalue weighted by molar-refractivity contribution is 0.0945. The predicted octanol–water partition coefficient (Wildman–Crippen LogP) is 4.43. The molecule has 1 fully saturated rings. The molecule has 1 aliphatic heterocycles. The van der Waals surface area contributed by atoms with Crippen molar-refractivity contribution in [1.29, 1.82) is 0 Å². The first kappa shape index (κ1) is 19.9. The molecule has 1 aliphatic rings. The van der Waals surface area contributed by atoms with Gasteiger partial charge in [0.05, 0.1) is 0 Å². The lowest BCUT2D eigenvalue weighted by Gasteiger charge is -2.31. The van der Waals surface area contributed by atoms with E-state index in [-0.39, 0.29) is 5.91 Å². The zero-order chi connectivity index (χ0) is 20.1. The second-order valence-corrected chi connectivity index (χ2v) is 8.47. The maximum Gasteiger partial charge on any atom is 0.251 e. The molecule has 1 N–H and O–H groups in total. The minimum Gasteiger partial charge on any atom is -0.352 e. The van der Waals surface area contributed by atoms with Crippen LogP contribution < -0.4 is 10.2 Å². The number of rotatable bonds is 6. The van der Waals surface area contributed by atoms with Crippen molar-refractivity contribution in [3.63, 3.8) is 0 Å². The van der Waals surface area contributed by atoms with Crippen LogP contribution in [0.3, 0.4) is 0 Å². The van der Waals surface area contributed by atoms with Crippen molar-refractivity contribution in [1.82, 2.24) is 14.7 Å². The van der Waals surface area contributed by atoms with Crippen molar-refractivity contribution < 1.29 is 4.79 Å². The standard InChI is InChI=1S/C22H23ClN4OS/c23-19-8-6-18(7-9-19)21(28)24-15-17-10-12-27(13-11-17)22-25-20(26-29-22)14-16-4-2-1-3-5-16/h1-9,17H,10-15H2,(H,24,28). The summed E-state index contributed by atoms with van der Waals surface area (Å²) in [6.45, 7) is 2.59. The van der Waals surface area contributed by atoms with Crippen LogP contribution in [0.15, 0.2) is 54.6 Å². The summed E-state index contributed by atoms with van der Waals surface area (Å²) >= 11 is 7.35.